The molecule has 1 aliphatic rings. The molecule has 0 saturated carbocycles. The number of carbonyl (C=O) groups excluding carboxylic acids is 1. The standard InChI is InChI=1S/C18H29N3O.ClH/c1-4-14-7-6-8-15(5-2)17(14)20-16(22)11-21-10-9-18(3,12-19)13-21;/h6-8H,4-5,9-13,19H2,1-3H3,(H,20,22);1H. The third kappa shape index (κ3) is 4.93. The number of rotatable bonds is 6. The second-order valence-electron chi connectivity index (χ2n) is 6.68. The highest BCUT2D eigenvalue weighted by molar-refractivity contribution is 5.93. The van der Waals surface area contributed by atoms with Gasteiger partial charge >= 0.3 is 0 Å². The molecule has 0 aromatic heterocycles. The fraction of sp³-hybridized carbons (Fsp3) is 0.611. The number of nitrogens with two attached hydrogens (primary N) is 1. The van der Waals surface area contributed by atoms with Crippen LogP contribution in [0.3, 0.4) is 0 Å². The van der Waals surface area contributed by atoms with Crippen LogP contribution < -0.4 is 11.1 Å². The zero-order valence-corrected chi connectivity index (χ0v) is 15.3. The van der Waals surface area contributed by atoms with Crippen molar-refractivity contribution in [2.75, 3.05) is 31.5 Å². The SMILES string of the molecule is CCc1cccc(CC)c1NC(=O)CN1CCC(C)(CN)C1.Cl. The molecule has 4 nitrogen and oxygen atoms in total. The first-order valence-corrected chi connectivity index (χ1v) is 8.34. The van der Waals surface area contributed by atoms with Gasteiger partial charge in [-0.1, -0.05) is 39.0 Å². The average Bonchev–Trinajstić information content (AvgIpc) is 2.89. The van der Waals surface area contributed by atoms with Gasteiger partial charge in [0, 0.05) is 12.2 Å². The second-order valence-corrected chi connectivity index (χ2v) is 6.68. The predicted molar refractivity (Wildman–Crippen MR) is 99.3 cm³/mol. The molecule has 1 saturated heterocycles. The van der Waals surface area contributed by atoms with Gasteiger partial charge < -0.3 is 11.1 Å². The van der Waals surface area contributed by atoms with Crippen LogP contribution in [0.2, 0.25) is 0 Å². The van der Waals surface area contributed by atoms with Crippen molar-refractivity contribution in [1.29, 1.82) is 0 Å². The van der Waals surface area contributed by atoms with Crippen LogP contribution >= 0.6 is 12.4 Å². The van der Waals surface area contributed by atoms with Crippen LogP contribution in [0, 0.1) is 5.41 Å². The van der Waals surface area contributed by atoms with Crippen LogP contribution in [0.4, 0.5) is 5.69 Å². The van der Waals surface area contributed by atoms with Gasteiger partial charge in [-0.25, -0.2) is 0 Å². The Labute approximate surface area is 146 Å². The Morgan fingerprint density at radius 2 is 1.91 bits per heavy atom. The number of halogens is 1. The van der Waals surface area contributed by atoms with Crippen molar-refractivity contribution in [1.82, 2.24) is 4.90 Å². The molecule has 0 spiro atoms. The number of para-hydroxylation sites is 1. The summed E-state index contributed by atoms with van der Waals surface area (Å²) >= 11 is 0. The molecular formula is C18H30ClN3O. The Morgan fingerprint density at radius 1 is 1.30 bits per heavy atom. The minimum Gasteiger partial charge on any atom is -0.330 e. The Bertz CT molecular complexity index is 513. The van der Waals surface area contributed by atoms with E-state index in [0.717, 1.165) is 38.0 Å². The van der Waals surface area contributed by atoms with Gasteiger partial charge in [-0.15, -0.1) is 12.4 Å². The molecule has 1 atom stereocenters. The highest BCUT2D eigenvalue weighted by Crippen LogP contribution is 2.28. The zero-order chi connectivity index (χ0) is 16.2. The van der Waals surface area contributed by atoms with Gasteiger partial charge in [0.1, 0.15) is 0 Å². The van der Waals surface area contributed by atoms with Crippen molar-refractivity contribution in [2.24, 2.45) is 11.1 Å². The predicted octanol–water partition coefficient (Wildman–Crippen LogP) is 2.84. The third-order valence-electron chi connectivity index (χ3n) is 4.76. The molecular weight excluding hydrogens is 310 g/mol. The maximum Gasteiger partial charge on any atom is 0.238 e. The number of hydrogen-bond donors (Lipinski definition) is 2. The van der Waals surface area contributed by atoms with Crippen LogP contribution in [0.5, 0.6) is 0 Å². The monoisotopic (exact) mass is 339 g/mol. The number of nitrogens with one attached hydrogen (secondary N) is 1. The summed E-state index contributed by atoms with van der Waals surface area (Å²) < 4.78 is 0. The lowest BCUT2D eigenvalue weighted by atomic mass is 9.90. The number of nitrogens with zero attached hydrogens (tertiary/aromatic N) is 1. The molecule has 1 aromatic rings. The van der Waals surface area contributed by atoms with Crippen molar-refractivity contribution in [2.45, 2.75) is 40.0 Å². The maximum absolute atomic E-state index is 12.4. The summed E-state index contributed by atoms with van der Waals surface area (Å²) in [4.78, 5) is 14.6. The lowest BCUT2D eigenvalue weighted by Crippen LogP contribution is -2.35. The number of amides is 1. The van der Waals surface area contributed by atoms with Crippen molar-refractivity contribution in [3.05, 3.63) is 29.3 Å². The van der Waals surface area contributed by atoms with E-state index in [9.17, 15) is 4.79 Å². The lowest BCUT2D eigenvalue weighted by molar-refractivity contribution is -0.117. The number of hydrogen-bond acceptors (Lipinski definition) is 3. The van der Waals surface area contributed by atoms with E-state index in [1.54, 1.807) is 0 Å². The molecule has 0 bridgehead atoms. The third-order valence-corrected chi connectivity index (χ3v) is 4.76. The van der Waals surface area contributed by atoms with Crippen LogP contribution in [-0.2, 0) is 17.6 Å². The Morgan fingerprint density at radius 3 is 2.39 bits per heavy atom. The fourth-order valence-electron chi connectivity index (χ4n) is 3.21. The molecule has 3 N–H and O–H groups in total. The summed E-state index contributed by atoms with van der Waals surface area (Å²) in [6.07, 6.45) is 2.93. The van der Waals surface area contributed by atoms with Gasteiger partial charge in [0.15, 0.2) is 0 Å². The summed E-state index contributed by atoms with van der Waals surface area (Å²) in [5.41, 5.74) is 9.43. The molecule has 1 heterocycles. The van der Waals surface area contributed by atoms with E-state index in [2.05, 4.69) is 49.2 Å². The molecule has 23 heavy (non-hydrogen) atoms. The van der Waals surface area contributed by atoms with Crippen LogP contribution in [0.25, 0.3) is 0 Å². The highest BCUT2D eigenvalue weighted by Gasteiger charge is 2.33. The second kappa shape index (κ2) is 8.67. The molecule has 130 valence electrons. The first-order chi connectivity index (χ1) is 10.5. The normalized spacial score (nSPS) is 21.0. The van der Waals surface area contributed by atoms with Gasteiger partial charge in [-0.05, 0) is 48.9 Å². The average molecular weight is 340 g/mol. The topological polar surface area (TPSA) is 58.4 Å². The van der Waals surface area contributed by atoms with Gasteiger partial charge in [-0.2, -0.15) is 0 Å². The molecule has 2 rings (SSSR count). The highest BCUT2D eigenvalue weighted by atomic mass is 35.5. The summed E-state index contributed by atoms with van der Waals surface area (Å²) in [6, 6.07) is 6.26. The molecule has 1 aromatic carbocycles. The number of likely N-dealkylation sites (tertiary alicyclic amines) is 1. The van der Waals surface area contributed by atoms with E-state index in [4.69, 9.17) is 5.73 Å². The van der Waals surface area contributed by atoms with Crippen LogP contribution in [0.1, 0.15) is 38.3 Å². The number of carbonyl (C=O) groups is 1. The number of benzene rings is 1. The van der Waals surface area contributed by atoms with Gasteiger partial charge in [0.2, 0.25) is 5.91 Å². The van der Waals surface area contributed by atoms with E-state index >= 15 is 0 Å². The van der Waals surface area contributed by atoms with Crippen LogP contribution in [-0.4, -0.2) is 37.0 Å². The molecule has 0 aliphatic carbocycles. The quantitative estimate of drug-likeness (QED) is 0.837. The zero-order valence-electron chi connectivity index (χ0n) is 14.5. The smallest absolute Gasteiger partial charge is 0.238 e. The van der Waals surface area contributed by atoms with E-state index in [-0.39, 0.29) is 23.7 Å². The Balaban J connectivity index is 0.00000264. The van der Waals surface area contributed by atoms with Crippen LogP contribution in [0.15, 0.2) is 18.2 Å². The van der Waals surface area contributed by atoms with E-state index in [1.165, 1.54) is 11.1 Å². The number of anilines is 1. The van der Waals surface area contributed by atoms with E-state index in [0.29, 0.717) is 13.1 Å². The maximum atomic E-state index is 12.4. The Hall–Kier alpha value is -1.10. The molecule has 1 aliphatic heterocycles. The minimum atomic E-state index is 0. The van der Waals surface area contributed by atoms with Gasteiger partial charge in [0.25, 0.3) is 0 Å². The molecule has 1 amide bonds. The minimum absolute atomic E-state index is 0. The molecule has 5 heteroatoms. The summed E-state index contributed by atoms with van der Waals surface area (Å²) in [6.45, 7) is 9.45. The lowest BCUT2D eigenvalue weighted by Gasteiger charge is -2.22. The van der Waals surface area contributed by atoms with E-state index < -0.39 is 0 Å². The summed E-state index contributed by atoms with van der Waals surface area (Å²) in [5.74, 6) is 0.0804. The van der Waals surface area contributed by atoms with Gasteiger partial charge in [0.05, 0.1) is 6.54 Å². The number of aryl methyl sites for hydroxylation is 2. The first-order valence-electron chi connectivity index (χ1n) is 8.34. The fourth-order valence-corrected chi connectivity index (χ4v) is 3.21. The summed E-state index contributed by atoms with van der Waals surface area (Å²) in [5, 5.41) is 3.14. The van der Waals surface area contributed by atoms with E-state index in [1.807, 2.05) is 0 Å². The molecule has 1 unspecified atom stereocenters. The first kappa shape index (κ1) is 19.9. The van der Waals surface area contributed by atoms with Crippen molar-refractivity contribution in [3.63, 3.8) is 0 Å². The largest absolute Gasteiger partial charge is 0.330 e. The molecule has 1 fully saturated rings. The molecule has 0 radical (unpaired) electrons. The van der Waals surface area contributed by atoms with Crippen molar-refractivity contribution in [3.8, 4) is 0 Å². The Kier molecular flexibility index (Phi) is 7.52. The van der Waals surface area contributed by atoms with Crippen molar-refractivity contribution < 1.29 is 4.79 Å². The van der Waals surface area contributed by atoms with Crippen molar-refractivity contribution >= 4 is 24.0 Å². The summed E-state index contributed by atoms with van der Waals surface area (Å²) in [7, 11) is 0. The van der Waals surface area contributed by atoms with Gasteiger partial charge in [-0.3, -0.25) is 9.69 Å².